The summed E-state index contributed by atoms with van der Waals surface area (Å²) >= 11 is 2.05. The van der Waals surface area contributed by atoms with Gasteiger partial charge in [-0.05, 0) is 26.7 Å². The maximum Gasteiger partial charge on any atom is 0.0620 e. The van der Waals surface area contributed by atoms with Crippen LogP contribution in [0.1, 0.15) is 26.7 Å². The first kappa shape index (κ1) is 9.14. The lowest BCUT2D eigenvalue weighted by molar-refractivity contribution is 0.511. The summed E-state index contributed by atoms with van der Waals surface area (Å²) in [5, 5.41) is 3.52. The molecule has 1 saturated heterocycles. The Morgan fingerprint density at radius 1 is 1.64 bits per heavy atom. The first-order chi connectivity index (χ1) is 5.27. The first-order valence-corrected chi connectivity index (χ1v) is 5.25. The van der Waals surface area contributed by atoms with E-state index in [2.05, 4.69) is 43.1 Å². The molecule has 0 radical (unpaired) electrons. The predicted octanol–water partition coefficient (Wildman–Crippen LogP) is 2.40. The van der Waals surface area contributed by atoms with Crippen LogP contribution in [0.3, 0.4) is 0 Å². The van der Waals surface area contributed by atoms with Gasteiger partial charge in [0.05, 0.1) is 4.87 Å². The summed E-state index contributed by atoms with van der Waals surface area (Å²) in [6, 6.07) is 0. The normalized spacial score (nSPS) is 31.8. The van der Waals surface area contributed by atoms with Crippen molar-refractivity contribution in [2.24, 2.45) is 0 Å². The molecule has 1 N–H and O–H groups in total. The molecule has 0 saturated carbocycles. The van der Waals surface area contributed by atoms with Crippen LogP contribution in [-0.2, 0) is 0 Å². The van der Waals surface area contributed by atoms with Crippen LogP contribution in [-0.4, -0.2) is 17.2 Å². The second kappa shape index (κ2) is 4.17. The zero-order valence-corrected chi connectivity index (χ0v) is 8.21. The summed E-state index contributed by atoms with van der Waals surface area (Å²) in [6.45, 7) is 5.56. The Morgan fingerprint density at radius 3 is 3.00 bits per heavy atom. The van der Waals surface area contributed by atoms with Crippen molar-refractivity contribution in [1.82, 2.24) is 5.32 Å². The van der Waals surface area contributed by atoms with Crippen molar-refractivity contribution in [2.45, 2.75) is 31.6 Å². The van der Waals surface area contributed by atoms with Crippen molar-refractivity contribution in [2.75, 3.05) is 12.3 Å². The molecular weight excluding hydrogens is 154 g/mol. The van der Waals surface area contributed by atoms with Gasteiger partial charge in [0.25, 0.3) is 0 Å². The van der Waals surface area contributed by atoms with Crippen LogP contribution >= 0.6 is 11.8 Å². The van der Waals surface area contributed by atoms with E-state index < -0.39 is 0 Å². The van der Waals surface area contributed by atoms with E-state index in [0.29, 0.717) is 4.87 Å². The van der Waals surface area contributed by atoms with Gasteiger partial charge in [-0.15, -0.1) is 11.8 Å². The fourth-order valence-electron chi connectivity index (χ4n) is 1.33. The molecule has 0 aliphatic carbocycles. The molecule has 0 spiro atoms. The van der Waals surface area contributed by atoms with Gasteiger partial charge in [0.2, 0.25) is 0 Å². The minimum atomic E-state index is 0.361. The minimum Gasteiger partial charge on any atom is -0.302 e. The minimum absolute atomic E-state index is 0.361. The highest BCUT2D eigenvalue weighted by atomic mass is 32.2. The summed E-state index contributed by atoms with van der Waals surface area (Å²) in [6.07, 6.45) is 6.82. The fraction of sp³-hybridized carbons (Fsp3) is 0.778. The standard InChI is InChI=1S/C9H17NS/c1-3-4-5-6-9(2)10-7-8-11-9/h3-4,10H,5-8H2,1-2H3. The number of rotatable bonds is 3. The van der Waals surface area contributed by atoms with Gasteiger partial charge in [0.1, 0.15) is 0 Å². The van der Waals surface area contributed by atoms with Crippen LogP contribution in [0, 0.1) is 0 Å². The summed E-state index contributed by atoms with van der Waals surface area (Å²) < 4.78 is 0. The molecule has 11 heavy (non-hydrogen) atoms. The summed E-state index contributed by atoms with van der Waals surface area (Å²) in [7, 11) is 0. The smallest absolute Gasteiger partial charge is 0.0620 e. The Kier molecular flexibility index (Phi) is 3.46. The molecule has 1 nitrogen and oxygen atoms in total. The number of allylic oxidation sites excluding steroid dienone is 2. The van der Waals surface area contributed by atoms with Crippen molar-refractivity contribution in [3.05, 3.63) is 12.2 Å². The number of hydrogen-bond acceptors (Lipinski definition) is 2. The van der Waals surface area contributed by atoms with E-state index in [0.717, 1.165) is 0 Å². The second-order valence-electron chi connectivity index (χ2n) is 3.11. The molecule has 1 aliphatic rings. The van der Waals surface area contributed by atoms with Gasteiger partial charge in [-0.25, -0.2) is 0 Å². The first-order valence-electron chi connectivity index (χ1n) is 4.27. The van der Waals surface area contributed by atoms with Gasteiger partial charge < -0.3 is 5.32 Å². The lowest BCUT2D eigenvalue weighted by atomic mass is 10.1. The van der Waals surface area contributed by atoms with Crippen LogP contribution in [0.25, 0.3) is 0 Å². The van der Waals surface area contributed by atoms with Gasteiger partial charge in [0, 0.05) is 12.3 Å². The van der Waals surface area contributed by atoms with Crippen molar-refractivity contribution in [3.63, 3.8) is 0 Å². The molecule has 64 valence electrons. The predicted molar refractivity (Wildman–Crippen MR) is 52.9 cm³/mol. The molecule has 0 bridgehead atoms. The summed E-state index contributed by atoms with van der Waals surface area (Å²) in [4.78, 5) is 0.361. The third-order valence-electron chi connectivity index (χ3n) is 2.05. The van der Waals surface area contributed by atoms with Gasteiger partial charge in [-0.2, -0.15) is 0 Å². The fourth-order valence-corrected chi connectivity index (χ4v) is 2.45. The summed E-state index contributed by atoms with van der Waals surface area (Å²) in [5.41, 5.74) is 0. The third-order valence-corrected chi connectivity index (χ3v) is 3.44. The number of nitrogens with one attached hydrogen (secondary N) is 1. The maximum absolute atomic E-state index is 3.52. The largest absolute Gasteiger partial charge is 0.302 e. The van der Waals surface area contributed by atoms with Crippen LogP contribution < -0.4 is 5.32 Å². The Bertz CT molecular complexity index is 136. The lowest BCUT2D eigenvalue weighted by Crippen LogP contribution is -2.33. The van der Waals surface area contributed by atoms with Crippen LogP contribution in [0.15, 0.2) is 12.2 Å². The Balaban J connectivity index is 2.23. The average molecular weight is 171 g/mol. The van der Waals surface area contributed by atoms with Crippen molar-refractivity contribution in [3.8, 4) is 0 Å². The molecule has 1 heterocycles. The van der Waals surface area contributed by atoms with E-state index in [1.54, 1.807) is 0 Å². The molecule has 1 fully saturated rings. The number of hydrogen-bond donors (Lipinski definition) is 1. The Hall–Kier alpha value is 0.0500. The molecule has 2 heteroatoms. The van der Waals surface area contributed by atoms with Crippen molar-refractivity contribution in [1.29, 1.82) is 0 Å². The quantitative estimate of drug-likeness (QED) is 0.654. The molecule has 0 aromatic rings. The third kappa shape index (κ3) is 2.88. The van der Waals surface area contributed by atoms with E-state index in [-0.39, 0.29) is 0 Å². The van der Waals surface area contributed by atoms with Gasteiger partial charge in [0.15, 0.2) is 0 Å². The topological polar surface area (TPSA) is 12.0 Å². The zero-order chi connectivity index (χ0) is 8.16. The molecule has 0 amide bonds. The Labute approximate surface area is 73.6 Å². The van der Waals surface area contributed by atoms with Crippen molar-refractivity contribution >= 4 is 11.8 Å². The highest BCUT2D eigenvalue weighted by molar-refractivity contribution is 8.00. The lowest BCUT2D eigenvalue weighted by Gasteiger charge is -2.22. The van der Waals surface area contributed by atoms with Crippen molar-refractivity contribution < 1.29 is 0 Å². The maximum atomic E-state index is 3.52. The van der Waals surface area contributed by atoms with Crippen LogP contribution in [0.2, 0.25) is 0 Å². The van der Waals surface area contributed by atoms with Crippen LogP contribution in [0.5, 0.6) is 0 Å². The molecule has 1 aliphatic heterocycles. The average Bonchev–Trinajstić information content (AvgIpc) is 2.38. The molecule has 1 atom stereocenters. The summed E-state index contributed by atoms with van der Waals surface area (Å²) in [5.74, 6) is 1.27. The molecular formula is C9H17NS. The zero-order valence-electron chi connectivity index (χ0n) is 7.39. The van der Waals surface area contributed by atoms with E-state index >= 15 is 0 Å². The highest BCUT2D eigenvalue weighted by Crippen LogP contribution is 2.30. The van der Waals surface area contributed by atoms with Gasteiger partial charge in [-0.3, -0.25) is 0 Å². The molecule has 1 rings (SSSR count). The monoisotopic (exact) mass is 171 g/mol. The van der Waals surface area contributed by atoms with Gasteiger partial charge in [-0.1, -0.05) is 12.2 Å². The molecule has 0 aromatic heterocycles. The molecule has 0 aromatic carbocycles. The van der Waals surface area contributed by atoms with E-state index in [1.807, 2.05) is 0 Å². The van der Waals surface area contributed by atoms with Gasteiger partial charge >= 0.3 is 0 Å². The highest BCUT2D eigenvalue weighted by Gasteiger charge is 2.27. The van der Waals surface area contributed by atoms with E-state index in [1.165, 1.54) is 25.1 Å². The SMILES string of the molecule is CC=CCCC1(C)NCCS1. The Morgan fingerprint density at radius 2 is 2.45 bits per heavy atom. The molecule has 1 unspecified atom stereocenters. The van der Waals surface area contributed by atoms with E-state index in [9.17, 15) is 0 Å². The second-order valence-corrected chi connectivity index (χ2v) is 4.71. The van der Waals surface area contributed by atoms with Crippen LogP contribution in [0.4, 0.5) is 0 Å². The number of thioether (sulfide) groups is 1. The van der Waals surface area contributed by atoms with E-state index in [4.69, 9.17) is 0 Å².